The highest BCUT2D eigenvalue weighted by Gasteiger charge is 2.27. The average Bonchev–Trinajstić information content (AvgIpc) is 2.73. The predicted octanol–water partition coefficient (Wildman–Crippen LogP) is 1.41. The molecule has 17 heavy (non-hydrogen) atoms. The second-order valence-corrected chi connectivity index (χ2v) is 4.22. The Morgan fingerprint density at radius 2 is 2.35 bits per heavy atom. The number of hydrogen-bond donors (Lipinski definition) is 0. The van der Waals surface area contributed by atoms with E-state index in [0.29, 0.717) is 0 Å². The van der Waals surface area contributed by atoms with Gasteiger partial charge < -0.3 is 4.74 Å². The van der Waals surface area contributed by atoms with Crippen LogP contribution in [-0.2, 0) is 0 Å². The molecule has 2 heterocycles. The summed E-state index contributed by atoms with van der Waals surface area (Å²) in [5.41, 5.74) is -0.0773. The molecule has 1 aliphatic heterocycles. The topological polar surface area (TPSA) is 73.4 Å². The normalized spacial score (nSPS) is 21.4. The van der Waals surface area contributed by atoms with E-state index >= 15 is 0 Å². The van der Waals surface area contributed by atoms with Crippen molar-refractivity contribution in [3.63, 3.8) is 0 Å². The lowest BCUT2D eigenvalue weighted by atomic mass is 10.1. The van der Waals surface area contributed by atoms with Crippen LogP contribution >= 0.6 is 0 Å². The molecule has 7 heteroatoms. The van der Waals surface area contributed by atoms with Crippen LogP contribution < -0.4 is 4.74 Å². The van der Waals surface area contributed by atoms with Crippen molar-refractivity contribution in [3.05, 3.63) is 16.3 Å². The molecule has 2 rings (SSSR count). The van der Waals surface area contributed by atoms with E-state index in [1.165, 1.54) is 13.3 Å². The van der Waals surface area contributed by atoms with E-state index in [1.54, 1.807) is 4.68 Å². The smallest absolute Gasteiger partial charge is 0.350 e. The number of likely N-dealkylation sites (tertiary alicyclic amines) is 1. The zero-order valence-electron chi connectivity index (χ0n) is 10.00. The molecule has 94 valence electrons. The summed E-state index contributed by atoms with van der Waals surface area (Å²) in [7, 11) is 3.40. The van der Waals surface area contributed by atoms with Crippen molar-refractivity contribution in [2.24, 2.45) is 0 Å². The van der Waals surface area contributed by atoms with E-state index in [4.69, 9.17) is 4.74 Å². The molecule has 0 amide bonds. The van der Waals surface area contributed by atoms with E-state index in [2.05, 4.69) is 10.00 Å². The first kappa shape index (κ1) is 11.8. The van der Waals surface area contributed by atoms with Crippen molar-refractivity contribution >= 4 is 5.69 Å². The summed E-state index contributed by atoms with van der Waals surface area (Å²) in [6.07, 6.45) is 4.77. The monoisotopic (exact) mass is 240 g/mol. The third-order valence-electron chi connectivity index (χ3n) is 3.11. The van der Waals surface area contributed by atoms with Crippen LogP contribution in [0.2, 0.25) is 0 Å². The van der Waals surface area contributed by atoms with Gasteiger partial charge in [0.1, 0.15) is 12.4 Å². The van der Waals surface area contributed by atoms with E-state index in [1.807, 2.05) is 7.05 Å². The molecule has 0 N–H and O–H groups in total. The fraction of sp³-hybridized carbons (Fsp3) is 0.700. The number of hydrogen-bond acceptors (Lipinski definition) is 5. The Morgan fingerprint density at radius 3 is 2.88 bits per heavy atom. The number of nitro groups is 1. The Morgan fingerprint density at radius 1 is 1.59 bits per heavy atom. The van der Waals surface area contributed by atoms with Gasteiger partial charge in [0.05, 0.1) is 12.0 Å². The van der Waals surface area contributed by atoms with Gasteiger partial charge >= 0.3 is 11.6 Å². The second kappa shape index (κ2) is 4.70. The van der Waals surface area contributed by atoms with Crippen molar-refractivity contribution in [3.8, 4) is 5.88 Å². The number of methoxy groups -OCH3 is 1. The van der Waals surface area contributed by atoms with Gasteiger partial charge in [0, 0.05) is 0 Å². The molecule has 7 nitrogen and oxygen atoms in total. The van der Waals surface area contributed by atoms with Crippen molar-refractivity contribution in [1.29, 1.82) is 0 Å². The minimum Gasteiger partial charge on any atom is -0.475 e. The Labute approximate surface area is 99.1 Å². The van der Waals surface area contributed by atoms with Gasteiger partial charge in [-0.1, -0.05) is 0 Å². The lowest BCUT2D eigenvalue weighted by molar-refractivity contribution is -0.385. The quantitative estimate of drug-likeness (QED) is 0.590. The SMILES string of the molecule is COc1nn(C2CCCCN2C)cc1[N+](=O)[O-]. The Kier molecular flexibility index (Phi) is 3.28. The van der Waals surface area contributed by atoms with Crippen LogP contribution in [0.3, 0.4) is 0 Å². The molecule has 0 spiro atoms. The summed E-state index contributed by atoms with van der Waals surface area (Å²) in [4.78, 5) is 12.5. The van der Waals surface area contributed by atoms with Crippen LogP contribution in [0.15, 0.2) is 6.20 Å². The minimum absolute atomic E-state index is 0.0773. The fourth-order valence-corrected chi connectivity index (χ4v) is 2.18. The van der Waals surface area contributed by atoms with Gasteiger partial charge in [-0.25, -0.2) is 4.68 Å². The summed E-state index contributed by atoms with van der Waals surface area (Å²) >= 11 is 0. The van der Waals surface area contributed by atoms with E-state index in [0.717, 1.165) is 25.8 Å². The number of nitrogens with zero attached hydrogens (tertiary/aromatic N) is 4. The Hall–Kier alpha value is -1.63. The first-order valence-electron chi connectivity index (χ1n) is 5.61. The molecule has 1 aromatic heterocycles. The molecule has 1 atom stereocenters. The molecular formula is C10H16N4O3. The number of piperidine rings is 1. The fourth-order valence-electron chi connectivity index (χ4n) is 2.18. The molecule has 0 aromatic carbocycles. The maximum Gasteiger partial charge on any atom is 0.350 e. The average molecular weight is 240 g/mol. The van der Waals surface area contributed by atoms with Gasteiger partial charge in [0.15, 0.2) is 0 Å². The summed E-state index contributed by atoms with van der Waals surface area (Å²) in [5, 5.41) is 15.0. The third kappa shape index (κ3) is 2.23. The van der Waals surface area contributed by atoms with Gasteiger partial charge in [-0.15, -0.1) is 5.10 Å². The number of ether oxygens (including phenoxy) is 1. The summed E-state index contributed by atoms with van der Waals surface area (Å²) in [6, 6.07) is 0. The first-order valence-corrected chi connectivity index (χ1v) is 5.61. The van der Waals surface area contributed by atoms with Crippen LogP contribution in [0.1, 0.15) is 25.4 Å². The number of rotatable bonds is 3. The second-order valence-electron chi connectivity index (χ2n) is 4.22. The van der Waals surface area contributed by atoms with Crippen LogP contribution in [0.5, 0.6) is 5.88 Å². The highest BCUT2D eigenvalue weighted by atomic mass is 16.6. The first-order chi connectivity index (χ1) is 8.13. The molecule has 0 aliphatic carbocycles. The maximum absolute atomic E-state index is 10.8. The van der Waals surface area contributed by atoms with E-state index < -0.39 is 4.92 Å². The van der Waals surface area contributed by atoms with Gasteiger partial charge in [0.25, 0.3) is 0 Å². The maximum atomic E-state index is 10.8. The van der Waals surface area contributed by atoms with Crippen LogP contribution in [0, 0.1) is 10.1 Å². The Bertz CT molecular complexity index is 418. The van der Waals surface area contributed by atoms with Gasteiger partial charge in [0.2, 0.25) is 0 Å². The molecule has 1 aromatic rings. The molecule has 1 saturated heterocycles. The highest BCUT2D eigenvalue weighted by molar-refractivity contribution is 5.38. The zero-order valence-corrected chi connectivity index (χ0v) is 10.00. The summed E-state index contributed by atoms with van der Waals surface area (Å²) in [5.74, 6) is 0.0778. The van der Waals surface area contributed by atoms with Gasteiger partial charge in [-0.2, -0.15) is 0 Å². The van der Waals surface area contributed by atoms with Crippen LogP contribution in [-0.4, -0.2) is 40.3 Å². The molecule has 0 radical (unpaired) electrons. The van der Waals surface area contributed by atoms with Crippen molar-refractivity contribution in [1.82, 2.24) is 14.7 Å². The lowest BCUT2D eigenvalue weighted by Crippen LogP contribution is -2.33. The standard InChI is InChI=1S/C10H16N4O3/c1-12-6-4-3-5-9(12)13-7-8(14(15)16)10(11-13)17-2/h7,9H,3-6H2,1-2H3. The number of aromatic nitrogens is 2. The molecule has 1 unspecified atom stereocenters. The molecule has 0 bridgehead atoms. The zero-order chi connectivity index (χ0) is 12.4. The molecule has 1 fully saturated rings. The minimum atomic E-state index is -0.467. The van der Waals surface area contributed by atoms with E-state index in [9.17, 15) is 10.1 Å². The van der Waals surface area contributed by atoms with Crippen molar-refractivity contribution in [2.45, 2.75) is 25.4 Å². The third-order valence-corrected chi connectivity index (χ3v) is 3.11. The van der Waals surface area contributed by atoms with Gasteiger partial charge in [-0.05, 0) is 32.9 Å². The largest absolute Gasteiger partial charge is 0.475 e. The van der Waals surface area contributed by atoms with Crippen LogP contribution in [0.4, 0.5) is 5.69 Å². The van der Waals surface area contributed by atoms with Crippen molar-refractivity contribution in [2.75, 3.05) is 20.7 Å². The lowest BCUT2D eigenvalue weighted by Gasteiger charge is -2.32. The molecule has 1 aliphatic rings. The van der Waals surface area contributed by atoms with Crippen molar-refractivity contribution < 1.29 is 9.66 Å². The predicted molar refractivity (Wildman–Crippen MR) is 61.0 cm³/mol. The van der Waals surface area contributed by atoms with Crippen LogP contribution in [0.25, 0.3) is 0 Å². The Balaban J connectivity index is 2.29. The summed E-state index contributed by atoms with van der Waals surface area (Å²) < 4.78 is 6.56. The summed E-state index contributed by atoms with van der Waals surface area (Å²) in [6.45, 7) is 0.987. The van der Waals surface area contributed by atoms with Gasteiger partial charge in [-0.3, -0.25) is 15.0 Å². The molecule has 0 saturated carbocycles. The van der Waals surface area contributed by atoms with E-state index in [-0.39, 0.29) is 17.7 Å². The highest BCUT2D eigenvalue weighted by Crippen LogP contribution is 2.30. The molecular weight excluding hydrogens is 224 g/mol.